The highest BCUT2D eigenvalue weighted by Gasteiger charge is 2.37. The molecule has 3 heterocycles. The molecule has 0 N–H and O–H groups in total. The number of likely N-dealkylation sites (tertiary alicyclic amines) is 2. The third kappa shape index (κ3) is 4.07. The van der Waals surface area contributed by atoms with E-state index in [9.17, 15) is 9.59 Å². The van der Waals surface area contributed by atoms with Crippen molar-refractivity contribution in [1.82, 2.24) is 9.80 Å². The van der Waals surface area contributed by atoms with Crippen LogP contribution in [0.5, 0.6) is 11.5 Å². The molecular weight excluding hydrogens is 368 g/mol. The summed E-state index contributed by atoms with van der Waals surface area (Å²) < 4.78 is 11.4. The van der Waals surface area contributed by atoms with E-state index in [1.807, 2.05) is 37.8 Å². The number of carbonyl (C=O) groups is 2. The number of fused-ring (bicyclic) bond motifs is 1. The third-order valence-electron chi connectivity index (χ3n) is 6.26. The molecule has 1 unspecified atom stereocenters. The molecule has 158 valence electrons. The Balaban J connectivity index is 1.42. The quantitative estimate of drug-likeness (QED) is 0.763. The second-order valence-electron chi connectivity index (χ2n) is 9.41. The summed E-state index contributed by atoms with van der Waals surface area (Å²) in [4.78, 5) is 29.8. The Morgan fingerprint density at radius 2 is 1.66 bits per heavy atom. The summed E-state index contributed by atoms with van der Waals surface area (Å²) in [7, 11) is 0. The zero-order valence-electron chi connectivity index (χ0n) is 17.8. The van der Waals surface area contributed by atoms with Gasteiger partial charge >= 0.3 is 0 Å². The van der Waals surface area contributed by atoms with Crippen molar-refractivity contribution in [3.8, 4) is 11.5 Å². The van der Waals surface area contributed by atoms with Crippen molar-refractivity contribution in [1.29, 1.82) is 0 Å². The lowest BCUT2D eigenvalue weighted by atomic mass is 9.90. The first-order valence-electron chi connectivity index (χ1n) is 10.8. The largest absolute Gasteiger partial charge is 0.486 e. The molecule has 6 heteroatoms. The Kier molecular flexibility index (Phi) is 5.45. The van der Waals surface area contributed by atoms with Gasteiger partial charge in [0.05, 0.1) is 6.04 Å². The summed E-state index contributed by atoms with van der Waals surface area (Å²) in [6.07, 6.45) is 3.51. The SMILES string of the molecule is CC(C)(C)C(=O)N1CCC(C(=O)N2CCCC2c2ccc3c(c2)OCCO3)CC1. The first-order valence-corrected chi connectivity index (χ1v) is 10.8. The van der Waals surface area contributed by atoms with Crippen LogP contribution in [-0.4, -0.2) is 54.5 Å². The van der Waals surface area contributed by atoms with Crippen molar-refractivity contribution < 1.29 is 19.1 Å². The van der Waals surface area contributed by atoms with Gasteiger partial charge in [0.25, 0.3) is 0 Å². The second-order valence-corrected chi connectivity index (χ2v) is 9.41. The Morgan fingerprint density at radius 1 is 0.966 bits per heavy atom. The maximum absolute atomic E-state index is 13.3. The van der Waals surface area contributed by atoms with E-state index in [2.05, 4.69) is 11.0 Å². The van der Waals surface area contributed by atoms with Gasteiger partial charge in [0.15, 0.2) is 11.5 Å². The van der Waals surface area contributed by atoms with Gasteiger partial charge in [-0.2, -0.15) is 0 Å². The van der Waals surface area contributed by atoms with E-state index >= 15 is 0 Å². The van der Waals surface area contributed by atoms with Gasteiger partial charge in [-0.15, -0.1) is 0 Å². The fourth-order valence-corrected chi connectivity index (χ4v) is 4.68. The van der Waals surface area contributed by atoms with Crippen molar-refractivity contribution in [2.45, 2.75) is 52.5 Å². The van der Waals surface area contributed by atoms with Gasteiger partial charge in [0.1, 0.15) is 13.2 Å². The molecule has 4 rings (SSSR count). The summed E-state index contributed by atoms with van der Waals surface area (Å²) in [5, 5.41) is 0. The van der Waals surface area contributed by atoms with Crippen molar-refractivity contribution >= 4 is 11.8 Å². The minimum Gasteiger partial charge on any atom is -0.486 e. The van der Waals surface area contributed by atoms with Gasteiger partial charge in [0.2, 0.25) is 11.8 Å². The molecule has 1 aromatic carbocycles. The Morgan fingerprint density at radius 3 is 2.34 bits per heavy atom. The molecule has 2 saturated heterocycles. The molecular formula is C23H32N2O4. The number of piperidine rings is 1. The smallest absolute Gasteiger partial charge is 0.227 e. The van der Waals surface area contributed by atoms with Gasteiger partial charge < -0.3 is 19.3 Å². The van der Waals surface area contributed by atoms with E-state index in [-0.39, 0.29) is 29.2 Å². The number of amides is 2. The minimum atomic E-state index is -0.366. The fourth-order valence-electron chi connectivity index (χ4n) is 4.68. The molecule has 0 aliphatic carbocycles. The highest BCUT2D eigenvalue weighted by Crippen LogP contribution is 2.39. The number of nitrogens with zero attached hydrogens (tertiary/aromatic N) is 2. The van der Waals surface area contributed by atoms with E-state index in [0.29, 0.717) is 26.3 Å². The molecule has 0 bridgehead atoms. The summed E-state index contributed by atoms with van der Waals surface area (Å²) >= 11 is 0. The van der Waals surface area contributed by atoms with E-state index < -0.39 is 0 Å². The lowest BCUT2D eigenvalue weighted by molar-refractivity contribution is -0.145. The van der Waals surface area contributed by atoms with Gasteiger partial charge in [-0.05, 0) is 43.4 Å². The lowest BCUT2D eigenvalue weighted by Crippen LogP contribution is -2.47. The molecule has 0 radical (unpaired) electrons. The zero-order chi connectivity index (χ0) is 20.6. The monoisotopic (exact) mass is 400 g/mol. The van der Waals surface area contributed by atoms with Crippen LogP contribution < -0.4 is 9.47 Å². The standard InChI is InChI=1S/C23H32N2O4/c1-23(2,3)22(27)24-11-8-16(9-12-24)21(26)25-10-4-5-18(25)17-6-7-19-20(15-17)29-14-13-28-19/h6-7,15-16,18H,4-5,8-14H2,1-3H3. The number of hydrogen-bond acceptors (Lipinski definition) is 4. The maximum atomic E-state index is 13.3. The number of hydrogen-bond donors (Lipinski definition) is 0. The fraction of sp³-hybridized carbons (Fsp3) is 0.652. The van der Waals surface area contributed by atoms with Crippen LogP contribution in [0.1, 0.15) is 58.1 Å². The highest BCUT2D eigenvalue weighted by atomic mass is 16.6. The van der Waals surface area contributed by atoms with E-state index in [0.717, 1.165) is 49.3 Å². The lowest BCUT2D eigenvalue weighted by Gasteiger charge is -2.37. The van der Waals surface area contributed by atoms with Gasteiger partial charge in [0, 0.05) is 31.0 Å². The van der Waals surface area contributed by atoms with E-state index in [1.165, 1.54) is 0 Å². The Labute approximate surface area is 173 Å². The van der Waals surface area contributed by atoms with Crippen LogP contribution in [0.3, 0.4) is 0 Å². The number of ether oxygens (including phenoxy) is 2. The van der Waals surface area contributed by atoms with Crippen LogP contribution >= 0.6 is 0 Å². The molecule has 3 aliphatic rings. The van der Waals surface area contributed by atoms with Gasteiger partial charge in [-0.25, -0.2) is 0 Å². The topological polar surface area (TPSA) is 59.1 Å². The highest BCUT2D eigenvalue weighted by molar-refractivity contribution is 5.83. The van der Waals surface area contributed by atoms with Crippen LogP contribution in [-0.2, 0) is 9.59 Å². The number of benzene rings is 1. The summed E-state index contributed by atoms with van der Waals surface area (Å²) in [5.74, 6) is 2.00. The van der Waals surface area contributed by atoms with Crippen LogP contribution in [0.15, 0.2) is 18.2 Å². The number of carbonyl (C=O) groups excluding carboxylic acids is 2. The number of rotatable bonds is 2. The van der Waals surface area contributed by atoms with Crippen molar-refractivity contribution in [2.75, 3.05) is 32.8 Å². The Bertz CT molecular complexity index is 778. The molecule has 0 aromatic heterocycles. The Hall–Kier alpha value is -2.24. The zero-order valence-corrected chi connectivity index (χ0v) is 17.8. The second kappa shape index (κ2) is 7.88. The first kappa shape index (κ1) is 20.0. The molecule has 3 aliphatic heterocycles. The van der Waals surface area contributed by atoms with Crippen molar-refractivity contribution in [2.24, 2.45) is 11.3 Å². The van der Waals surface area contributed by atoms with Crippen LogP contribution in [0, 0.1) is 11.3 Å². The predicted octanol–water partition coefficient (Wildman–Crippen LogP) is 3.41. The normalized spacial score (nSPS) is 22.7. The predicted molar refractivity (Wildman–Crippen MR) is 110 cm³/mol. The molecule has 0 spiro atoms. The van der Waals surface area contributed by atoms with Gasteiger partial charge in [-0.3, -0.25) is 9.59 Å². The van der Waals surface area contributed by atoms with Crippen LogP contribution in [0.2, 0.25) is 0 Å². The minimum absolute atomic E-state index is 0.0110. The van der Waals surface area contributed by atoms with Crippen LogP contribution in [0.4, 0.5) is 0 Å². The van der Waals surface area contributed by atoms with Crippen LogP contribution in [0.25, 0.3) is 0 Å². The molecule has 29 heavy (non-hydrogen) atoms. The maximum Gasteiger partial charge on any atom is 0.227 e. The molecule has 6 nitrogen and oxygen atoms in total. The van der Waals surface area contributed by atoms with E-state index in [4.69, 9.17) is 9.47 Å². The molecule has 2 amide bonds. The average molecular weight is 401 g/mol. The molecule has 1 aromatic rings. The summed E-state index contributed by atoms with van der Waals surface area (Å²) in [6, 6.07) is 6.16. The van der Waals surface area contributed by atoms with E-state index in [1.54, 1.807) is 0 Å². The molecule has 1 atom stereocenters. The molecule has 0 saturated carbocycles. The average Bonchev–Trinajstić information content (AvgIpc) is 3.21. The van der Waals surface area contributed by atoms with Crippen molar-refractivity contribution in [3.05, 3.63) is 23.8 Å². The van der Waals surface area contributed by atoms with Gasteiger partial charge in [-0.1, -0.05) is 26.8 Å². The molecule has 2 fully saturated rings. The summed E-state index contributed by atoms with van der Waals surface area (Å²) in [5.41, 5.74) is 0.759. The third-order valence-corrected chi connectivity index (χ3v) is 6.26. The summed E-state index contributed by atoms with van der Waals surface area (Å²) in [6.45, 7) is 9.16. The van der Waals surface area contributed by atoms with Crippen molar-refractivity contribution in [3.63, 3.8) is 0 Å². The first-order chi connectivity index (χ1) is 13.8.